The number of hydrogen-bond donors (Lipinski definition) is 1. The van der Waals surface area contributed by atoms with E-state index in [0.717, 1.165) is 74.6 Å². The van der Waals surface area contributed by atoms with Crippen molar-refractivity contribution in [3.8, 4) is 11.8 Å². The lowest BCUT2D eigenvalue weighted by atomic mass is 9.95. The molecular formula is C30H34N6O2. The molecule has 4 aromatic rings. The molecule has 1 saturated carbocycles. The van der Waals surface area contributed by atoms with Crippen LogP contribution in [0.15, 0.2) is 48.8 Å². The van der Waals surface area contributed by atoms with Gasteiger partial charge in [0.25, 0.3) is 0 Å². The fourth-order valence-electron chi connectivity index (χ4n) is 6.09. The van der Waals surface area contributed by atoms with E-state index in [1.807, 2.05) is 12.4 Å². The van der Waals surface area contributed by atoms with Crippen molar-refractivity contribution in [2.75, 3.05) is 36.5 Å². The third kappa shape index (κ3) is 4.69. The van der Waals surface area contributed by atoms with Crippen molar-refractivity contribution in [2.24, 2.45) is 0 Å². The van der Waals surface area contributed by atoms with Gasteiger partial charge < -0.3 is 24.3 Å². The smallest absolute Gasteiger partial charge is 0.326 e. The van der Waals surface area contributed by atoms with Gasteiger partial charge in [-0.25, -0.2) is 4.98 Å². The first-order chi connectivity index (χ1) is 18.8. The number of fused-ring (bicyclic) bond motifs is 2. The third-order valence-corrected chi connectivity index (χ3v) is 8.15. The van der Waals surface area contributed by atoms with Crippen molar-refractivity contribution in [1.29, 1.82) is 0 Å². The Morgan fingerprint density at radius 2 is 1.68 bits per heavy atom. The lowest BCUT2D eigenvalue weighted by Gasteiger charge is -2.28. The van der Waals surface area contributed by atoms with E-state index in [1.165, 1.54) is 42.5 Å². The van der Waals surface area contributed by atoms with Crippen LogP contribution in [0.3, 0.4) is 0 Å². The Bertz CT molecular complexity index is 1420. The Balaban J connectivity index is 1.22. The minimum Gasteiger partial charge on any atom is -0.424 e. The van der Waals surface area contributed by atoms with Gasteiger partial charge in [0.2, 0.25) is 0 Å². The summed E-state index contributed by atoms with van der Waals surface area (Å²) in [6, 6.07) is 15.6. The fraction of sp³-hybridized carbons (Fsp3) is 0.433. The van der Waals surface area contributed by atoms with Crippen LogP contribution in [0, 0.1) is 0 Å². The second-order valence-electron chi connectivity index (χ2n) is 10.6. The number of aromatic nitrogens is 4. The molecular weight excluding hydrogens is 476 g/mol. The Labute approximate surface area is 223 Å². The molecule has 3 aliphatic rings. The van der Waals surface area contributed by atoms with Gasteiger partial charge in [-0.3, -0.25) is 0 Å². The van der Waals surface area contributed by atoms with Crippen LogP contribution in [-0.4, -0.2) is 45.8 Å². The largest absolute Gasteiger partial charge is 0.424 e. The molecule has 8 nitrogen and oxygen atoms in total. The van der Waals surface area contributed by atoms with Gasteiger partial charge in [-0.1, -0.05) is 25.3 Å². The summed E-state index contributed by atoms with van der Waals surface area (Å²) in [6.07, 6.45) is 11.5. The number of aryl methyl sites for hydroxylation is 2. The molecule has 1 N–H and O–H groups in total. The number of ether oxygens (including phenoxy) is 2. The number of benzene rings is 2. The number of rotatable bonds is 6. The monoisotopic (exact) mass is 510 g/mol. The molecule has 2 aliphatic carbocycles. The topological polar surface area (TPSA) is 77.3 Å². The molecule has 0 atom stereocenters. The highest BCUT2D eigenvalue weighted by Gasteiger charge is 2.22. The summed E-state index contributed by atoms with van der Waals surface area (Å²) in [5, 5.41) is 3.51. The van der Waals surface area contributed by atoms with Crippen LogP contribution in [-0.2, 0) is 17.6 Å². The molecule has 2 fully saturated rings. The van der Waals surface area contributed by atoms with Gasteiger partial charge in [0.05, 0.1) is 19.5 Å². The van der Waals surface area contributed by atoms with Gasteiger partial charge in [0, 0.05) is 30.5 Å². The van der Waals surface area contributed by atoms with E-state index in [4.69, 9.17) is 24.4 Å². The summed E-state index contributed by atoms with van der Waals surface area (Å²) in [7, 11) is 0. The molecule has 8 heteroatoms. The van der Waals surface area contributed by atoms with Crippen LogP contribution in [0.5, 0.6) is 11.8 Å². The highest BCUT2D eigenvalue weighted by atomic mass is 16.5. The molecule has 1 aliphatic heterocycles. The SMILES string of the molecule is c1cc(N2CCOCC2)ccc1Nc1nc(Oc2ccc3c(c2)CCC3)nc2c1ncn2C1CCCCC1. The number of hydrogen-bond acceptors (Lipinski definition) is 7. The molecule has 2 aromatic carbocycles. The molecule has 0 radical (unpaired) electrons. The first kappa shape index (κ1) is 23.5. The van der Waals surface area contributed by atoms with Crippen molar-refractivity contribution in [2.45, 2.75) is 57.4 Å². The zero-order valence-electron chi connectivity index (χ0n) is 21.7. The lowest BCUT2D eigenvalue weighted by molar-refractivity contribution is 0.122. The molecule has 2 aromatic heterocycles. The van der Waals surface area contributed by atoms with Gasteiger partial charge in [-0.15, -0.1) is 0 Å². The lowest BCUT2D eigenvalue weighted by Crippen LogP contribution is -2.36. The molecule has 1 saturated heterocycles. The Hall–Kier alpha value is -3.65. The predicted molar refractivity (Wildman–Crippen MR) is 149 cm³/mol. The van der Waals surface area contributed by atoms with Gasteiger partial charge in [-0.05, 0) is 79.6 Å². The van der Waals surface area contributed by atoms with Gasteiger partial charge in [0.1, 0.15) is 5.75 Å². The van der Waals surface area contributed by atoms with Gasteiger partial charge >= 0.3 is 6.01 Å². The van der Waals surface area contributed by atoms with Crippen LogP contribution in [0.25, 0.3) is 11.2 Å². The minimum atomic E-state index is 0.348. The molecule has 0 bridgehead atoms. The quantitative estimate of drug-likeness (QED) is 0.331. The highest BCUT2D eigenvalue weighted by Crippen LogP contribution is 2.34. The van der Waals surface area contributed by atoms with Crippen molar-refractivity contribution < 1.29 is 9.47 Å². The van der Waals surface area contributed by atoms with E-state index in [1.54, 1.807) is 0 Å². The Morgan fingerprint density at radius 3 is 2.53 bits per heavy atom. The minimum absolute atomic E-state index is 0.348. The van der Waals surface area contributed by atoms with E-state index in [2.05, 4.69) is 51.2 Å². The van der Waals surface area contributed by atoms with E-state index < -0.39 is 0 Å². The summed E-state index contributed by atoms with van der Waals surface area (Å²) in [4.78, 5) is 16.8. The fourth-order valence-corrected chi connectivity index (χ4v) is 6.09. The van der Waals surface area contributed by atoms with Gasteiger partial charge in [-0.2, -0.15) is 9.97 Å². The summed E-state index contributed by atoms with van der Waals surface area (Å²) in [5.74, 6) is 1.45. The van der Waals surface area contributed by atoms with E-state index in [9.17, 15) is 0 Å². The normalized spacial score (nSPS) is 18.1. The molecule has 7 rings (SSSR count). The molecule has 0 spiro atoms. The zero-order valence-corrected chi connectivity index (χ0v) is 21.7. The number of morpholine rings is 1. The average Bonchev–Trinajstić information content (AvgIpc) is 3.62. The van der Waals surface area contributed by atoms with Crippen LogP contribution in [0.2, 0.25) is 0 Å². The van der Waals surface area contributed by atoms with Crippen molar-refractivity contribution in [1.82, 2.24) is 19.5 Å². The summed E-state index contributed by atoms with van der Waals surface area (Å²) in [5.41, 5.74) is 6.55. The molecule has 38 heavy (non-hydrogen) atoms. The average molecular weight is 511 g/mol. The summed E-state index contributed by atoms with van der Waals surface area (Å²) < 4.78 is 14.0. The van der Waals surface area contributed by atoms with Crippen LogP contribution in [0.4, 0.5) is 17.2 Å². The molecule has 3 heterocycles. The Kier molecular flexibility index (Phi) is 6.33. The van der Waals surface area contributed by atoms with Crippen LogP contribution in [0.1, 0.15) is 55.7 Å². The number of anilines is 3. The van der Waals surface area contributed by atoms with E-state index in [0.29, 0.717) is 17.9 Å². The maximum absolute atomic E-state index is 6.28. The third-order valence-electron chi connectivity index (χ3n) is 8.15. The number of nitrogens with one attached hydrogen (secondary N) is 1. The summed E-state index contributed by atoms with van der Waals surface area (Å²) >= 11 is 0. The van der Waals surface area contributed by atoms with Crippen molar-refractivity contribution >= 4 is 28.4 Å². The molecule has 0 amide bonds. The predicted octanol–water partition coefficient (Wildman–Crippen LogP) is 6.19. The second-order valence-corrected chi connectivity index (χ2v) is 10.6. The maximum atomic E-state index is 6.28. The van der Waals surface area contributed by atoms with Crippen molar-refractivity contribution in [3.63, 3.8) is 0 Å². The van der Waals surface area contributed by atoms with E-state index >= 15 is 0 Å². The Morgan fingerprint density at radius 1 is 0.868 bits per heavy atom. The molecule has 0 unspecified atom stereocenters. The number of nitrogens with zero attached hydrogens (tertiary/aromatic N) is 5. The maximum Gasteiger partial charge on any atom is 0.326 e. The standard InChI is InChI=1S/C30H34N6O2/c1-2-7-25(8-3-1)36-20-31-27-28(32-23-10-12-24(13-11-23)35-15-17-37-18-16-35)33-30(34-29(27)36)38-26-14-9-21-5-4-6-22(21)19-26/h9-14,19-20,25H,1-8,15-18H2,(H,32,33,34). The first-order valence-corrected chi connectivity index (χ1v) is 14.0. The van der Waals surface area contributed by atoms with Crippen molar-refractivity contribution in [3.05, 3.63) is 59.9 Å². The van der Waals surface area contributed by atoms with Crippen LogP contribution >= 0.6 is 0 Å². The van der Waals surface area contributed by atoms with Gasteiger partial charge in [0.15, 0.2) is 17.0 Å². The first-order valence-electron chi connectivity index (χ1n) is 14.0. The second kappa shape index (κ2) is 10.3. The molecule has 196 valence electrons. The highest BCUT2D eigenvalue weighted by molar-refractivity contribution is 5.86. The summed E-state index contributed by atoms with van der Waals surface area (Å²) in [6.45, 7) is 3.38. The van der Waals surface area contributed by atoms with Crippen LogP contribution < -0.4 is 15.0 Å². The zero-order chi connectivity index (χ0) is 25.3. The number of imidazole rings is 1. The van der Waals surface area contributed by atoms with E-state index in [-0.39, 0.29) is 0 Å².